The molecular weight excluding hydrogens is 179 g/mol. The van der Waals surface area contributed by atoms with Gasteiger partial charge in [-0.25, -0.2) is 4.39 Å². The van der Waals surface area contributed by atoms with E-state index >= 15 is 0 Å². The molecule has 0 spiro atoms. The summed E-state index contributed by atoms with van der Waals surface area (Å²) >= 11 is 0. The Morgan fingerprint density at radius 3 is 3.21 bits per heavy atom. The zero-order valence-electron chi connectivity index (χ0n) is 7.74. The summed E-state index contributed by atoms with van der Waals surface area (Å²) < 4.78 is 14.3. The predicted molar refractivity (Wildman–Crippen MR) is 51.4 cm³/mol. The van der Waals surface area contributed by atoms with Crippen LogP contribution in [0.2, 0.25) is 0 Å². The Labute approximate surface area is 82.0 Å². The molecule has 3 aliphatic carbocycles. The number of allylic oxidation sites excluding steroid dienone is 6. The summed E-state index contributed by atoms with van der Waals surface area (Å²) in [4.78, 5) is 11.5. The molecule has 0 aliphatic heterocycles. The summed E-state index contributed by atoms with van der Waals surface area (Å²) in [6.45, 7) is 0. The number of alkyl halides is 1. The minimum Gasteiger partial charge on any atom is -0.290 e. The first-order valence-electron chi connectivity index (χ1n) is 5.01. The van der Waals surface area contributed by atoms with Gasteiger partial charge < -0.3 is 0 Å². The van der Waals surface area contributed by atoms with E-state index in [4.69, 9.17) is 0 Å². The van der Waals surface area contributed by atoms with Gasteiger partial charge in [-0.1, -0.05) is 18.2 Å². The summed E-state index contributed by atoms with van der Waals surface area (Å²) in [5.74, 6) is 0.0124. The minimum absolute atomic E-state index is 0.0143. The van der Waals surface area contributed by atoms with E-state index in [0.29, 0.717) is 12.0 Å². The predicted octanol–water partition coefficient (Wildman–Crippen LogP) is 2.36. The second kappa shape index (κ2) is 2.44. The molecule has 0 unspecified atom stereocenters. The Bertz CT molecular complexity index is 391. The van der Waals surface area contributed by atoms with Crippen molar-refractivity contribution >= 4 is 5.78 Å². The van der Waals surface area contributed by atoms with Crippen molar-refractivity contribution in [2.75, 3.05) is 0 Å². The molecule has 0 saturated heterocycles. The highest BCUT2D eigenvalue weighted by atomic mass is 19.1. The van der Waals surface area contributed by atoms with Crippen molar-refractivity contribution < 1.29 is 9.18 Å². The number of hydrogen-bond donors (Lipinski definition) is 0. The Morgan fingerprint density at radius 2 is 2.36 bits per heavy atom. The van der Waals surface area contributed by atoms with Crippen LogP contribution in [0, 0.1) is 11.8 Å². The fourth-order valence-electron chi connectivity index (χ4n) is 2.90. The normalized spacial score (nSPS) is 43.8. The lowest BCUT2D eigenvalue weighted by atomic mass is 9.73. The lowest BCUT2D eigenvalue weighted by Gasteiger charge is -2.32. The molecule has 2 heteroatoms. The van der Waals surface area contributed by atoms with Gasteiger partial charge in [0.05, 0.1) is 0 Å². The van der Waals surface area contributed by atoms with Crippen LogP contribution in [0.5, 0.6) is 0 Å². The molecule has 1 nitrogen and oxygen atoms in total. The summed E-state index contributed by atoms with van der Waals surface area (Å²) in [7, 11) is 0. The van der Waals surface area contributed by atoms with Gasteiger partial charge in [0.15, 0.2) is 5.78 Å². The Kier molecular flexibility index (Phi) is 1.42. The molecule has 0 heterocycles. The van der Waals surface area contributed by atoms with Gasteiger partial charge in [0.25, 0.3) is 0 Å². The lowest BCUT2D eigenvalue weighted by Crippen LogP contribution is -2.36. The van der Waals surface area contributed by atoms with Crippen molar-refractivity contribution in [2.24, 2.45) is 11.8 Å². The molecule has 3 atom stereocenters. The zero-order chi connectivity index (χ0) is 9.76. The van der Waals surface area contributed by atoms with E-state index in [9.17, 15) is 9.18 Å². The summed E-state index contributed by atoms with van der Waals surface area (Å²) in [6.07, 6.45) is 9.95. The number of rotatable bonds is 0. The molecule has 0 amide bonds. The van der Waals surface area contributed by atoms with Crippen molar-refractivity contribution in [3.8, 4) is 0 Å². The minimum atomic E-state index is -1.25. The highest BCUT2D eigenvalue weighted by Gasteiger charge is 2.51. The molecule has 3 aliphatic rings. The molecule has 1 fully saturated rings. The smallest absolute Gasteiger partial charge is 0.182 e. The van der Waals surface area contributed by atoms with Crippen LogP contribution in [-0.4, -0.2) is 11.5 Å². The van der Waals surface area contributed by atoms with E-state index in [2.05, 4.69) is 0 Å². The van der Waals surface area contributed by atoms with Gasteiger partial charge in [-0.15, -0.1) is 0 Å². The van der Waals surface area contributed by atoms with Crippen LogP contribution in [0.1, 0.15) is 12.8 Å². The molecule has 14 heavy (non-hydrogen) atoms. The van der Waals surface area contributed by atoms with E-state index in [0.717, 1.165) is 6.42 Å². The van der Waals surface area contributed by atoms with Crippen molar-refractivity contribution in [3.05, 3.63) is 36.0 Å². The average molecular weight is 190 g/mol. The van der Waals surface area contributed by atoms with E-state index < -0.39 is 5.67 Å². The molecule has 0 aromatic carbocycles. The largest absolute Gasteiger partial charge is 0.290 e. The Hall–Kier alpha value is -1.18. The monoisotopic (exact) mass is 190 g/mol. The Balaban J connectivity index is 2.18. The zero-order valence-corrected chi connectivity index (χ0v) is 7.74. The molecule has 1 saturated carbocycles. The van der Waals surface area contributed by atoms with Gasteiger partial charge in [0.2, 0.25) is 0 Å². The molecular formula is C12H11FO. The van der Waals surface area contributed by atoms with E-state index in [-0.39, 0.29) is 17.6 Å². The third-order valence-electron chi connectivity index (χ3n) is 3.57. The number of halogens is 1. The maximum absolute atomic E-state index is 14.3. The quantitative estimate of drug-likeness (QED) is 0.573. The van der Waals surface area contributed by atoms with Gasteiger partial charge in [-0.3, -0.25) is 4.79 Å². The number of carbonyl (C=O) groups excluding carboxylic acids is 1. The van der Waals surface area contributed by atoms with Crippen LogP contribution in [0.25, 0.3) is 0 Å². The topological polar surface area (TPSA) is 17.1 Å². The van der Waals surface area contributed by atoms with E-state index in [1.54, 1.807) is 6.08 Å². The summed E-state index contributed by atoms with van der Waals surface area (Å²) in [6, 6.07) is 0. The van der Waals surface area contributed by atoms with Crippen LogP contribution >= 0.6 is 0 Å². The SMILES string of the molecule is O=C1C=C[C@]2(F)CC[C@@H]3C=CC=C1[C@@H]32. The van der Waals surface area contributed by atoms with Crippen LogP contribution in [0.15, 0.2) is 36.0 Å². The first-order chi connectivity index (χ1) is 6.71. The van der Waals surface area contributed by atoms with Crippen LogP contribution in [0.4, 0.5) is 4.39 Å². The van der Waals surface area contributed by atoms with Crippen LogP contribution in [-0.2, 0) is 4.79 Å². The average Bonchev–Trinajstić information content (AvgIpc) is 2.54. The first-order valence-corrected chi connectivity index (χ1v) is 5.01. The van der Waals surface area contributed by atoms with Gasteiger partial charge in [-0.05, 0) is 30.9 Å². The Morgan fingerprint density at radius 1 is 1.50 bits per heavy atom. The lowest BCUT2D eigenvalue weighted by molar-refractivity contribution is -0.113. The molecule has 0 aromatic rings. The number of carbonyl (C=O) groups is 1. The number of hydrogen-bond acceptors (Lipinski definition) is 1. The van der Waals surface area contributed by atoms with Gasteiger partial charge in [0, 0.05) is 11.5 Å². The highest BCUT2D eigenvalue weighted by molar-refractivity contribution is 6.06. The fraction of sp³-hybridized carbons (Fsp3) is 0.417. The maximum atomic E-state index is 14.3. The second-order valence-electron chi connectivity index (χ2n) is 4.31. The maximum Gasteiger partial charge on any atom is 0.182 e. The molecule has 0 bridgehead atoms. The third-order valence-corrected chi connectivity index (χ3v) is 3.57. The van der Waals surface area contributed by atoms with Crippen molar-refractivity contribution in [1.29, 1.82) is 0 Å². The van der Waals surface area contributed by atoms with Crippen LogP contribution < -0.4 is 0 Å². The molecule has 0 aromatic heterocycles. The van der Waals surface area contributed by atoms with Crippen molar-refractivity contribution in [3.63, 3.8) is 0 Å². The molecule has 72 valence electrons. The first kappa shape index (κ1) is 8.16. The highest BCUT2D eigenvalue weighted by Crippen LogP contribution is 2.51. The second-order valence-corrected chi connectivity index (χ2v) is 4.31. The summed E-state index contributed by atoms with van der Waals surface area (Å²) in [5.41, 5.74) is -0.588. The van der Waals surface area contributed by atoms with Gasteiger partial charge in [-0.2, -0.15) is 0 Å². The summed E-state index contributed by atoms with van der Waals surface area (Å²) in [5, 5.41) is 0. The van der Waals surface area contributed by atoms with E-state index in [1.165, 1.54) is 12.2 Å². The van der Waals surface area contributed by atoms with Crippen LogP contribution in [0.3, 0.4) is 0 Å². The van der Waals surface area contributed by atoms with Gasteiger partial charge in [0.1, 0.15) is 5.67 Å². The van der Waals surface area contributed by atoms with Crippen molar-refractivity contribution in [1.82, 2.24) is 0 Å². The fourth-order valence-corrected chi connectivity index (χ4v) is 2.90. The van der Waals surface area contributed by atoms with E-state index in [1.807, 2.05) is 12.2 Å². The molecule has 3 rings (SSSR count). The molecule has 0 N–H and O–H groups in total. The molecule has 0 radical (unpaired) electrons. The van der Waals surface area contributed by atoms with Crippen molar-refractivity contribution in [2.45, 2.75) is 18.5 Å². The third kappa shape index (κ3) is 0.861. The standard InChI is InChI=1S/C12H11FO/c13-12-6-4-8-2-1-3-9(11(8)12)10(14)5-7-12/h1-3,5,7-8,11H,4,6H2/t8-,11+,12+/m0/s1. The number of ketones is 1. The van der Waals surface area contributed by atoms with Gasteiger partial charge >= 0.3 is 0 Å².